The predicted octanol–water partition coefficient (Wildman–Crippen LogP) is 0.635. The van der Waals surface area contributed by atoms with Crippen LogP contribution in [0.25, 0.3) is 0 Å². The molecule has 0 aliphatic carbocycles. The molecule has 0 saturated heterocycles. The molecule has 0 heterocycles. The number of nitrogens with one attached hydrogen (secondary N) is 2. The lowest BCUT2D eigenvalue weighted by atomic mass is 10.2. The first kappa shape index (κ1) is 16.2. The lowest BCUT2D eigenvalue weighted by Crippen LogP contribution is -2.34. The van der Waals surface area contributed by atoms with E-state index in [-0.39, 0.29) is 23.8 Å². The van der Waals surface area contributed by atoms with Crippen LogP contribution >= 0.6 is 0 Å². The molecule has 7 heteroatoms. The van der Waals surface area contributed by atoms with Gasteiger partial charge in [-0.1, -0.05) is 17.7 Å². The van der Waals surface area contributed by atoms with Gasteiger partial charge >= 0.3 is 0 Å². The molecule has 0 spiro atoms. The van der Waals surface area contributed by atoms with Gasteiger partial charge in [0.2, 0.25) is 11.8 Å². The zero-order chi connectivity index (χ0) is 15.3. The highest BCUT2D eigenvalue weighted by Crippen LogP contribution is 2.16. The summed E-state index contributed by atoms with van der Waals surface area (Å²) in [6.45, 7) is 4.95. The number of rotatable bonds is 5. The van der Waals surface area contributed by atoms with Crippen molar-refractivity contribution in [1.82, 2.24) is 10.0 Å². The molecular formula is C13H18N2O4S. The Hall–Kier alpha value is -1.89. The van der Waals surface area contributed by atoms with E-state index in [0.717, 1.165) is 5.56 Å². The maximum absolute atomic E-state index is 12.1. The molecule has 1 rings (SSSR count). The second kappa shape index (κ2) is 6.51. The standard InChI is InChI=1S/C13H18N2O4S/c1-9-4-5-12(10(2)8-9)20(18,19)15-13(17)6-7-14-11(3)16/h4-5,8H,6-7H2,1-3H3,(H,14,16)(H,15,17). The monoisotopic (exact) mass is 298 g/mol. The van der Waals surface area contributed by atoms with Crippen LogP contribution in [0.15, 0.2) is 23.1 Å². The van der Waals surface area contributed by atoms with Crippen molar-refractivity contribution in [1.29, 1.82) is 0 Å². The summed E-state index contributed by atoms with van der Waals surface area (Å²) < 4.78 is 26.1. The van der Waals surface area contributed by atoms with E-state index < -0.39 is 15.9 Å². The van der Waals surface area contributed by atoms with Crippen molar-refractivity contribution in [3.05, 3.63) is 29.3 Å². The van der Waals surface area contributed by atoms with Gasteiger partial charge < -0.3 is 5.32 Å². The van der Waals surface area contributed by atoms with Crippen LogP contribution in [-0.2, 0) is 19.6 Å². The quantitative estimate of drug-likeness (QED) is 0.834. The topological polar surface area (TPSA) is 92.3 Å². The Morgan fingerprint density at radius 1 is 1.20 bits per heavy atom. The Morgan fingerprint density at radius 2 is 1.85 bits per heavy atom. The fourth-order valence-electron chi connectivity index (χ4n) is 1.71. The van der Waals surface area contributed by atoms with Crippen LogP contribution in [0, 0.1) is 13.8 Å². The Labute approximate surface area is 118 Å². The van der Waals surface area contributed by atoms with Gasteiger partial charge in [0, 0.05) is 19.9 Å². The van der Waals surface area contributed by atoms with Crippen molar-refractivity contribution in [2.24, 2.45) is 0 Å². The highest BCUT2D eigenvalue weighted by atomic mass is 32.2. The number of sulfonamides is 1. The van der Waals surface area contributed by atoms with E-state index in [2.05, 4.69) is 5.32 Å². The Kier molecular flexibility index (Phi) is 5.26. The maximum atomic E-state index is 12.1. The van der Waals surface area contributed by atoms with Crippen LogP contribution in [0.5, 0.6) is 0 Å². The first-order chi connectivity index (χ1) is 9.22. The van der Waals surface area contributed by atoms with Crippen LogP contribution in [0.2, 0.25) is 0 Å². The Morgan fingerprint density at radius 3 is 2.40 bits per heavy atom. The number of benzene rings is 1. The summed E-state index contributed by atoms with van der Waals surface area (Å²) in [5.74, 6) is -0.922. The summed E-state index contributed by atoms with van der Waals surface area (Å²) in [5, 5.41) is 2.43. The van der Waals surface area contributed by atoms with Crippen molar-refractivity contribution in [2.45, 2.75) is 32.1 Å². The van der Waals surface area contributed by atoms with Gasteiger partial charge in [-0.2, -0.15) is 0 Å². The van der Waals surface area contributed by atoms with E-state index in [9.17, 15) is 18.0 Å². The zero-order valence-corrected chi connectivity index (χ0v) is 12.5. The molecule has 0 aliphatic heterocycles. The first-order valence-corrected chi connectivity index (χ1v) is 7.58. The number of carbonyl (C=O) groups is 2. The average molecular weight is 298 g/mol. The summed E-state index contributed by atoms with van der Waals surface area (Å²) in [6.07, 6.45) is -0.0935. The molecule has 0 bridgehead atoms. The van der Waals surface area contributed by atoms with Gasteiger partial charge in [0.25, 0.3) is 10.0 Å². The molecular weight excluding hydrogens is 280 g/mol. The molecule has 0 saturated carbocycles. The van der Waals surface area contributed by atoms with E-state index in [0.29, 0.717) is 5.56 Å². The fourth-order valence-corrected chi connectivity index (χ4v) is 2.95. The van der Waals surface area contributed by atoms with Gasteiger partial charge in [-0.25, -0.2) is 13.1 Å². The molecule has 2 amide bonds. The van der Waals surface area contributed by atoms with Gasteiger partial charge in [-0.15, -0.1) is 0 Å². The molecule has 0 radical (unpaired) electrons. The van der Waals surface area contributed by atoms with Gasteiger partial charge in [0.1, 0.15) is 0 Å². The highest BCUT2D eigenvalue weighted by molar-refractivity contribution is 7.90. The molecule has 110 valence electrons. The lowest BCUT2D eigenvalue weighted by molar-refractivity contribution is -0.120. The fraction of sp³-hybridized carbons (Fsp3) is 0.385. The van der Waals surface area contributed by atoms with Crippen LogP contribution in [0.4, 0.5) is 0 Å². The van der Waals surface area contributed by atoms with Crippen molar-refractivity contribution in [2.75, 3.05) is 6.54 Å². The molecule has 0 atom stereocenters. The summed E-state index contributed by atoms with van der Waals surface area (Å²) in [4.78, 5) is 22.3. The second-order valence-electron chi connectivity index (χ2n) is 4.53. The second-order valence-corrected chi connectivity index (χ2v) is 6.18. The molecule has 0 aliphatic rings. The van der Waals surface area contributed by atoms with Crippen molar-refractivity contribution in [3.8, 4) is 0 Å². The van der Waals surface area contributed by atoms with Crippen molar-refractivity contribution >= 4 is 21.8 Å². The number of hydrogen-bond donors (Lipinski definition) is 2. The van der Waals surface area contributed by atoms with Crippen LogP contribution < -0.4 is 10.0 Å². The number of amides is 2. The minimum absolute atomic E-state index is 0.0796. The third kappa shape index (κ3) is 4.65. The Balaban J connectivity index is 2.74. The number of hydrogen-bond acceptors (Lipinski definition) is 4. The Bertz CT molecular complexity index is 623. The van der Waals surface area contributed by atoms with Crippen molar-refractivity contribution in [3.63, 3.8) is 0 Å². The SMILES string of the molecule is CC(=O)NCCC(=O)NS(=O)(=O)c1ccc(C)cc1C. The molecule has 0 unspecified atom stereocenters. The lowest BCUT2D eigenvalue weighted by Gasteiger charge is -2.10. The molecule has 2 N–H and O–H groups in total. The smallest absolute Gasteiger partial charge is 0.264 e. The number of carbonyl (C=O) groups excluding carboxylic acids is 2. The van der Waals surface area contributed by atoms with E-state index in [1.54, 1.807) is 19.1 Å². The van der Waals surface area contributed by atoms with E-state index in [1.807, 2.05) is 11.6 Å². The molecule has 0 aromatic heterocycles. The largest absolute Gasteiger partial charge is 0.356 e. The zero-order valence-electron chi connectivity index (χ0n) is 11.7. The summed E-state index contributed by atoms with van der Waals surface area (Å²) >= 11 is 0. The van der Waals surface area contributed by atoms with Gasteiger partial charge in [0.15, 0.2) is 0 Å². The summed E-state index contributed by atoms with van der Waals surface area (Å²) in [5.41, 5.74) is 1.52. The minimum Gasteiger partial charge on any atom is -0.356 e. The van der Waals surface area contributed by atoms with E-state index >= 15 is 0 Å². The van der Waals surface area contributed by atoms with E-state index in [4.69, 9.17) is 0 Å². The van der Waals surface area contributed by atoms with Crippen LogP contribution in [0.1, 0.15) is 24.5 Å². The summed E-state index contributed by atoms with van der Waals surface area (Å²) in [7, 11) is -3.87. The highest BCUT2D eigenvalue weighted by Gasteiger charge is 2.19. The molecule has 1 aromatic carbocycles. The average Bonchev–Trinajstić information content (AvgIpc) is 2.26. The molecule has 6 nitrogen and oxygen atoms in total. The third-order valence-electron chi connectivity index (χ3n) is 2.59. The van der Waals surface area contributed by atoms with Gasteiger partial charge in [-0.05, 0) is 25.5 Å². The van der Waals surface area contributed by atoms with Crippen LogP contribution in [-0.4, -0.2) is 26.8 Å². The van der Waals surface area contributed by atoms with E-state index in [1.165, 1.54) is 13.0 Å². The predicted molar refractivity (Wildman–Crippen MR) is 74.5 cm³/mol. The van der Waals surface area contributed by atoms with Gasteiger partial charge in [0.05, 0.1) is 4.90 Å². The maximum Gasteiger partial charge on any atom is 0.264 e. The van der Waals surface area contributed by atoms with Crippen molar-refractivity contribution < 1.29 is 18.0 Å². The molecule has 1 aromatic rings. The first-order valence-electron chi connectivity index (χ1n) is 6.09. The molecule has 0 fully saturated rings. The normalized spacial score (nSPS) is 10.9. The third-order valence-corrected chi connectivity index (χ3v) is 4.13. The van der Waals surface area contributed by atoms with Crippen LogP contribution in [0.3, 0.4) is 0 Å². The van der Waals surface area contributed by atoms with Gasteiger partial charge in [-0.3, -0.25) is 9.59 Å². The molecule has 20 heavy (non-hydrogen) atoms. The number of aryl methyl sites for hydroxylation is 2. The summed E-state index contributed by atoms with van der Waals surface area (Å²) in [6, 6.07) is 4.87. The minimum atomic E-state index is -3.87.